The number of thiol groups is 1. The van der Waals surface area contributed by atoms with Crippen LogP contribution in [0.1, 0.15) is 17.9 Å². The van der Waals surface area contributed by atoms with Crippen molar-refractivity contribution >= 4 is 35.2 Å². The average Bonchev–Trinajstić information content (AvgIpc) is 3.01. The van der Waals surface area contributed by atoms with Crippen molar-refractivity contribution in [1.29, 1.82) is 0 Å². The first-order valence-electron chi connectivity index (χ1n) is 9.01. The van der Waals surface area contributed by atoms with Gasteiger partial charge in [-0.15, -0.1) is 0 Å². The number of fused-ring (bicyclic) bond motifs is 1. The molecule has 3 aromatic rings. The Hall–Kier alpha value is -2.15. The number of rotatable bonds is 3. The summed E-state index contributed by atoms with van der Waals surface area (Å²) in [5, 5.41) is 21.5. The van der Waals surface area contributed by atoms with Crippen LogP contribution in [0.5, 0.6) is 11.5 Å². The van der Waals surface area contributed by atoms with Crippen molar-refractivity contribution in [3.8, 4) is 22.8 Å². The molecule has 0 amide bonds. The molecule has 1 aliphatic heterocycles. The number of likely N-dealkylation sites (N-methyl/N-ethyl adjacent to an activating group) is 1. The number of aromatic hydroxyl groups is 2. The van der Waals surface area contributed by atoms with E-state index in [9.17, 15) is 15.0 Å². The molecule has 0 saturated carbocycles. The van der Waals surface area contributed by atoms with Gasteiger partial charge in [0.05, 0.1) is 5.02 Å². The minimum absolute atomic E-state index is 0.0658. The van der Waals surface area contributed by atoms with Crippen LogP contribution in [0.25, 0.3) is 22.3 Å². The lowest BCUT2D eigenvalue weighted by atomic mass is 9.89. The molecule has 1 fully saturated rings. The highest BCUT2D eigenvalue weighted by Gasteiger charge is 2.36. The molecule has 1 saturated heterocycles. The Balaban J connectivity index is 2.03. The lowest BCUT2D eigenvalue weighted by Gasteiger charge is -2.24. The lowest BCUT2D eigenvalue weighted by Crippen LogP contribution is -2.30. The molecule has 28 heavy (non-hydrogen) atoms. The molecule has 0 unspecified atom stereocenters. The van der Waals surface area contributed by atoms with Crippen LogP contribution in [0, 0.1) is 0 Å². The summed E-state index contributed by atoms with van der Waals surface area (Å²) in [5.41, 5.74) is 0.920. The van der Waals surface area contributed by atoms with Crippen molar-refractivity contribution in [3.63, 3.8) is 0 Å². The minimum Gasteiger partial charge on any atom is -0.507 e. The van der Waals surface area contributed by atoms with Crippen molar-refractivity contribution < 1.29 is 14.6 Å². The van der Waals surface area contributed by atoms with E-state index < -0.39 is 0 Å². The van der Waals surface area contributed by atoms with Gasteiger partial charge in [-0.3, -0.25) is 4.79 Å². The molecule has 0 radical (unpaired) electrons. The van der Waals surface area contributed by atoms with E-state index in [1.165, 1.54) is 12.1 Å². The van der Waals surface area contributed by atoms with Crippen LogP contribution in [0.15, 0.2) is 45.6 Å². The molecular weight excluding hydrogens is 398 g/mol. The van der Waals surface area contributed by atoms with E-state index >= 15 is 0 Å². The fraction of sp³-hybridized carbons (Fsp3) is 0.286. The number of hydrogen-bond acceptors (Lipinski definition) is 6. The molecule has 5 nitrogen and oxygen atoms in total. The maximum absolute atomic E-state index is 12.8. The van der Waals surface area contributed by atoms with Gasteiger partial charge >= 0.3 is 0 Å². The van der Waals surface area contributed by atoms with E-state index in [-0.39, 0.29) is 39.9 Å². The van der Waals surface area contributed by atoms with Crippen LogP contribution in [0.2, 0.25) is 5.02 Å². The Kier molecular flexibility index (Phi) is 5.04. The summed E-state index contributed by atoms with van der Waals surface area (Å²) in [7, 11) is 2.01. The first-order valence-corrected chi connectivity index (χ1v) is 10.0. The summed E-state index contributed by atoms with van der Waals surface area (Å²) in [6, 6.07) is 9.68. The van der Waals surface area contributed by atoms with E-state index in [4.69, 9.17) is 16.0 Å². The molecule has 0 bridgehead atoms. The van der Waals surface area contributed by atoms with Crippen molar-refractivity contribution in [2.75, 3.05) is 19.3 Å². The van der Waals surface area contributed by atoms with Gasteiger partial charge in [0.25, 0.3) is 0 Å². The van der Waals surface area contributed by atoms with E-state index in [0.717, 1.165) is 13.0 Å². The van der Waals surface area contributed by atoms with Crippen molar-refractivity contribution in [1.82, 2.24) is 4.90 Å². The topological polar surface area (TPSA) is 73.9 Å². The maximum Gasteiger partial charge on any atom is 0.197 e. The van der Waals surface area contributed by atoms with Gasteiger partial charge in [-0.1, -0.05) is 23.7 Å². The molecule has 0 spiro atoms. The van der Waals surface area contributed by atoms with Crippen LogP contribution in [-0.4, -0.2) is 40.5 Å². The third kappa shape index (κ3) is 3.05. The number of hydrogen-bond donors (Lipinski definition) is 3. The Labute approximate surface area is 172 Å². The smallest absolute Gasteiger partial charge is 0.197 e. The van der Waals surface area contributed by atoms with Gasteiger partial charge in [-0.25, -0.2) is 0 Å². The summed E-state index contributed by atoms with van der Waals surface area (Å²) in [4.78, 5) is 15.0. The highest BCUT2D eigenvalue weighted by molar-refractivity contribution is 7.80. The summed E-state index contributed by atoms with van der Waals surface area (Å²) in [6.45, 7) is 0.839. The van der Waals surface area contributed by atoms with Gasteiger partial charge in [0.15, 0.2) is 5.43 Å². The number of phenolic OH excluding ortho intramolecular Hbond substituents is 2. The van der Waals surface area contributed by atoms with E-state index in [0.29, 0.717) is 27.7 Å². The summed E-state index contributed by atoms with van der Waals surface area (Å²) >= 11 is 10.7. The fourth-order valence-corrected chi connectivity index (χ4v) is 4.85. The van der Waals surface area contributed by atoms with Crippen LogP contribution in [0.3, 0.4) is 0 Å². The van der Waals surface area contributed by atoms with Gasteiger partial charge in [0.1, 0.15) is 28.2 Å². The Morgan fingerprint density at radius 2 is 2.00 bits per heavy atom. The third-order valence-corrected chi connectivity index (χ3v) is 6.22. The standard InChI is InChI=1S/C21H20ClNO4S/c1-23-7-6-12(14(23)10-28)19-15(24)8-16(25)20-17(26)9-18(27-21(19)20)11-4-2-3-5-13(11)22/h2-5,8-9,12,14,24-25,28H,6-7,10H2,1H3/t12-,14+/m1/s1. The molecule has 2 atom stereocenters. The molecule has 4 rings (SSSR count). The lowest BCUT2D eigenvalue weighted by molar-refractivity contribution is 0.320. The summed E-state index contributed by atoms with van der Waals surface area (Å²) in [5.74, 6) is 0.427. The van der Waals surface area contributed by atoms with Crippen LogP contribution in [-0.2, 0) is 0 Å². The van der Waals surface area contributed by atoms with Crippen LogP contribution < -0.4 is 5.43 Å². The monoisotopic (exact) mass is 417 g/mol. The van der Waals surface area contributed by atoms with Crippen LogP contribution >= 0.6 is 24.2 Å². The molecule has 1 aliphatic rings. The van der Waals surface area contributed by atoms with Gasteiger partial charge in [0.2, 0.25) is 0 Å². The second kappa shape index (κ2) is 7.35. The van der Waals surface area contributed by atoms with E-state index in [2.05, 4.69) is 17.5 Å². The first-order chi connectivity index (χ1) is 13.4. The summed E-state index contributed by atoms with van der Waals surface area (Å²) in [6.07, 6.45) is 0.787. The van der Waals surface area contributed by atoms with E-state index in [1.807, 2.05) is 7.05 Å². The summed E-state index contributed by atoms with van der Waals surface area (Å²) < 4.78 is 6.09. The van der Waals surface area contributed by atoms with E-state index in [1.54, 1.807) is 24.3 Å². The number of halogens is 1. The molecule has 7 heteroatoms. The molecule has 2 heterocycles. The Morgan fingerprint density at radius 1 is 1.25 bits per heavy atom. The van der Waals surface area contributed by atoms with Gasteiger partial charge in [0, 0.05) is 41.0 Å². The van der Waals surface area contributed by atoms with Crippen LogP contribution in [0.4, 0.5) is 0 Å². The number of phenols is 2. The normalized spacial score (nSPS) is 20.1. The second-order valence-corrected chi connectivity index (χ2v) is 7.89. The molecule has 2 aromatic carbocycles. The fourth-order valence-electron chi connectivity index (χ4n) is 4.09. The zero-order chi connectivity index (χ0) is 20.0. The Bertz CT molecular complexity index is 1110. The SMILES string of the molecule is CN1CC[C@@H](c2c(O)cc(O)c3c(=O)cc(-c4ccccc4Cl)oc23)[C@@H]1CS. The predicted octanol–water partition coefficient (Wildman–Crippen LogP) is 4.24. The van der Waals surface area contributed by atoms with Gasteiger partial charge in [-0.2, -0.15) is 12.6 Å². The van der Waals surface area contributed by atoms with Crippen molar-refractivity contribution in [3.05, 3.63) is 57.2 Å². The molecule has 1 aromatic heterocycles. The molecule has 146 valence electrons. The minimum atomic E-state index is -0.385. The third-order valence-electron chi connectivity index (χ3n) is 5.52. The molecule has 0 aliphatic carbocycles. The van der Waals surface area contributed by atoms with Gasteiger partial charge < -0.3 is 19.5 Å². The zero-order valence-corrected chi connectivity index (χ0v) is 16.9. The average molecular weight is 418 g/mol. The Morgan fingerprint density at radius 3 is 2.71 bits per heavy atom. The van der Waals surface area contributed by atoms with Crippen molar-refractivity contribution in [2.45, 2.75) is 18.4 Å². The highest BCUT2D eigenvalue weighted by Crippen LogP contribution is 2.44. The second-order valence-electron chi connectivity index (χ2n) is 7.11. The highest BCUT2D eigenvalue weighted by atomic mass is 35.5. The zero-order valence-electron chi connectivity index (χ0n) is 15.2. The number of benzene rings is 2. The van der Waals surface area contributed by atoms with Crippen molar-refractivity contribution in [2.24, 2.45) is 0 Å². The van der Waals surface area contributed by atoms with Gasteiger partial charge in [-0.05, 0) is 32.1 Å². The largest absolute Gasteiger partial charge is 0.507 e. The number of nitrogens with zero attached hydrogens (tertiary/aromatic N) is 1. The number of likely N-dealkylation sites (tertiary alicyclic amines) is 1. The quantitative estimate of drug-likeness (QED) is 0.556. The maximum atomic E-state index is 12.8. The molecule has 2 N–H and O–H groups in total. The first kappa shape index (κ1) is 19.2. The molecular formula is C21H20ClNO4S. The predicted molar refractivity (Wildman–Crippen MR) is 114 cm³/mol.